The Balaban J connectivity index is -0.0000000976. The highest BCUT2D eigenvalue weighted by Gasteiger charge is 2.03. The van der Waals surface area contributed by atoms with Crippen molar-refractivity contribution in [2.75, 3.05) is 33.2 Å². The molecule has 0 saturated heterocycles. The molecular formula is C38H66BO9P2. The minimum Gasteiger partial charge on any atom is -0.490 e. The number of aliphatic hydroxyl groups is 3. The number of aryl methyl sites for hydroxylation is 3. The molecule has 0 heterocycles. The predicted octanol–water partition coefficient (Wildman–Crippen LogP) is 9.06. The van der Waals surface area contributed by atoms with Crippen molar-refractivity contribution < 1.29 is 44.9 Å². The molecule has 0 bridgehead atoms. The summed E-state index contributed by atoms with van der Waals surface area (Å²) in [6.07, 6.45) is 1.61. The standard InChI is InChI=1S/C10H13O2P.C10H14O2.C10H12O2.C4H9OP.2CH4O.2CH4.B.H2/c1-8-3-5-10(6-4-8)12-9(2)7-13-11;2*1-8-3-5-10(6-4-8)12-9(2)7-11;1-4(2)3-6-5;2*1-2;;;;/h3-6,9H,7H2,1-2H3;3-6,9,11H,7H2,1-2H3;3-7,9H,1-2H3;4H,3H2,1-2H3;2*2H,1H3;2*1H4;;1H/i;;;;;;;;;1+1. The van der Waals surface area contributed by atoms with E-state index in [2.05, 4.69) is 0 Å². The van der Waals surface area contributed by atoms with Gasteiger partial charge in [-0.2, -0.15) is 0 Å². The third-order valence-electron chi connectivity index (χ3n) is 5.28. The Bertz CT molecular complexity index is 1160. The van der Waals surface area contributed by atoms with Crippen molar-refractivity contribution in [3.63, 3.8) is 0 Å². The Kier molecular flexibility index (Phi) is 47.6. The van der Waals surface area contributed by atoms with E-state index in [4.69, 9.17) is 29.5 Å². The van der Waals surface area contributed by atoms with Gasteiger partial charge in [-0.1, -0.05) is 81.8 Å². The van der Waals surface area contributed by atoms with Crippen LogP contribution in [0.4, 0.5) is 0 Å². The lowest BCUT2D eigenvalue weighted by molar-refractivity contribution is -0.113. The number of aliphatic hydroxyl groups excluding tert-OH is 3. The van der Waals surface area contributed by atoms with Crippen molar-refractivity contribution >= 4 is 31.6 Å². The molecule has 0 amide bonds. The van der Waals surface area contributed by atoms with Gasteiger partial charge >= 0.3 is 0 Å². The average molecular weight is 741 g/mol. The number of carbonyl (C=O) groups excluding carboxylic acids is 1. The molecule has 0 fully saturated rings. The van der Waals surface area contributed by atoms with Crippen LogP contribution in [0.25, 0.3) is 0 Å². The van der Waals surface area contributed by atoms with Crippen molar-refractivity contribution in [2.24, 2.45) is 5.92 Å². The molecule has 50 heavy (non-hydrogen) atoms. The first kappa shape index (κ1) is 59.0. The maximum atomic E-state index is 10.3. The van der Waals surface area contributed by atoms with Crippen LogP contribution in [-0.4, -0.2) is 81.5 Å². The molecule has 0 aliphatic heterocycles. The summed E-state index contributed by atoms with van der Waals surface area (Å²) in [6, 6.07) is 23.2. The first-order valence-corrected chi connectivity index (χ1v) is 17.2. The molecule has 3 unspecified atom stereocenters. The number of benzene rings is 3. The summed E-state index contributed by atoms with van der Waals surface area (Å²) < 4.78 is 36.1. The lowest BCUT2D eigenvalue weighted by Crippen LogP contribution is -2.15. The quantitative estimate of drug-likeness (QED) is 0.0943. The van der Waals surface area contributed by atoms with Crippen LogP contribution < -0.4 is 14.2 Å². The minimum absolute atomic E-state index is 0. The van der Waals surface area contributed by atoms with Gasteiger partial charge in [-0.25, -0.2) is 0 Å². The molecule has 3 atom stereocenters. The highest BCUT2D eigenvalue weighted by molar-refractivity contribution is 7.23. The first-order valence-electron chi connectivity index (χ1n) is 15.2. The minimum atomic E-state index is -0.368. The van der Waals surface area contributed by atoms with Crippen molar-refractivity contribution in [3.05, 3.63) is 89.5 Å². The van der Waals surface area contributed by atoms with E-state index in [1.54, 1.807) is 6.92 Å². The highest BCUT2D eigenvalue weighted by Crippen LogP contribution is 2.15. The molecule has 3 radical (unpaired) electrons. The molecule has 12 heteroatoms. The van der Waals surface area contributed by atoms with E-state index in [-0.39, 0.29) is 66.5 Å². The summed E-state index contributed by atoms with van der Waals surface area (Å²) in [6.45, 7) is 15.7. The van der Waals surface area contributed by atoms with Crippen LogP contribution in [0.5, 0.6) is 17.2 Å². The summed E-state index contributed by atoms with van der Waals surface area (Å²) in [4.78, 5) is 10.3. The molecule has 3 aromatic carbocycles. The molecule has 0 spiro atoms. The predicted molar refractivity (Wildman–Crippen MR) is 214 cm³/mol. The molecule has 3 N–H and O–H groups in total. The summed E-state index contributed by atoms with van der Waals surface area (Å²) >= 11 is 0. The van der Waals surface area contributed by atoms with Gasteiger partial charge in [-0.05, 0) is 83.9 Å². The maximum absolute atomic E-state index is 10.3. The molecule has 3 aromatic rings. The lowest BCUT2D eigenvalue weighted by Gasteiger charge is -2.11. The number of carbonyl (C=O) groups is 1. The first-order chi connectivity index (χ1) is 22.4. The second-order valence-electron chi connectivity index (χ2n) is 10.5. The number of ether oxygens (including phenoxy) is 3. The molecule has 0 aromatic heterocycles. The monoisotopic (exact) mass is 740 g/mol. The van der Waals surface area contributed by atoms with Gasteiger partial charge in [-0.3, -0.25) is 13.9 Å². The topological polar surface area (TPSA) is 140 Å². The maximum Gasteiger partial charge on any atom is 0.160 e. The van der Waals surface area contributed by atoms with Gasteiger partial charge < -0.3 is 29.5 Å². The Hall–Kier alpha value is -3.13. The highest BCUT2D eigenvalue weighted by atomic mass is 31.1. The Morgan fingerprint density at radius 3 is 1.14 bits per heavy atom. The normalized spacial score (nSPS) is 10.8. The zero-order valence-corrected chi connectivity index (χ0v) is 32.0. The van der Waals surface area contributed by atoms with Crippen molar-refractivity contribution in [1.82, 2.24) is 0 Å². The smallest absolute Gasteiger partial charge is 0.160 e. The molecule has 285 valence electrons. The fourth-order valence-electron chi connectivity index (χ4n) is 2.89. The number of hydrogen-bond acceptors (Lipinski definition) is 9. The van der Waals surface area contributed by atoms with Gasteiger partial charge in [0.05, 0.1) is 12.8 Å². The fraction of sp³-hybridized carbons (Fsp3) is 0.500. The van der Waals surface area contributed by atoms with E-state index in [1.807, 2.05) is 121 Å². The summed E-state index contributed by atoms with van der Waals surface area (Å²) in [7, 11) is 2.41. The fourth-order valence-corrected chi connectivity index (χ4v) is 3.47. The van der Waals surface area contributed by atoms with Gasteiger partial charge in [0.2, 0.25) is 0 Å². The van der Waals surface area contributed by atoms with Crippen LogP contribution in [0.15, 0.2) is 72.8 Å². The second kappa shape index (κ2) is 40.3. The zero-order valence-electron chi connectivity index (χ0n) is 30.2. The number of aldehydes is 1. The Morgan fingerprint density at radius 1 is 0.600 bits per heavy atom. The van der Waals surface area contributed by atoms with Crippen molar-refractivity contribution in [1.29, 1.82) is 0 Å². The van der Waals surface area contributed by atoms with Gasteiger partial charge in [0.25, 0.3) is 0 Å². The molecule has 0 aliphatic carbocycles. The van der Waals surface area contributed by atoms with Gasteiger partial charge in [0, 0.05) is 30.2 Å². The van der Waals surface area contributed by atoms with Crippen LogP contribution in [0.1, 0.15) is 67.6 Å². The van der Waals surface area contributed by atoms with Gasteiger partial charge in [0.15, 0.2) is 29.3 Å². The third kappa shape index (κ3) is 36.2. The molecule has 0 saturated carbocycles. The largest absolute Gasteiger partial charge is 0.490 e. The summed E-state index contributed by atoms with van der Waals surface area (Å²) in [5.41, 5.74) is 3.60. The number of hydrogen-bond donors (Lipinski definition) is 3. The summed E-state index contributed by atoms with van der Waals surface area (Å²) in [5.74, 6) is 2.95. The van der Waals surface area contributed by atoms with Gasteiger partial charge in [0.1, 0.15) is 29.5 Å². The second-order valence-corrected chi connectivity index (χ2v) is 11.7. The van der Waals surface area contributed by atoms with Crippen LogP contribution >= 0.6 is 16.9 Å². The molecule has 9 nitrogen and oxygen atoms in total. The van der Waals surface area contributed by atoms with Crippen LogP contribution in [0.2, 0.25) is 0 Å². The van der Waals surface area contributed by atoms with Crippen LogP contribution in [-0.2, 0) is 13.9 Å². The molecular weight excluding hydrogens is 673 g/mol. The molecule has 3 rings (SSSR count). The van der Waals surface area contributed by atoms with Gasteiger partial charge in [-0.15, -0.1) is 0 Å². The lowest BCUT2D eigenvalue weighted by atomic mass is 10.2. The van der Waals surface area contributed by atoms with Crippen molar-refractivity contribution in [2.45, 2.75) is 88.6 Å². The van der Waals surface area contributed by atoms with E-state index in [9.17, 15) is 13.9 Å². The van der Waals surface area contributed by atoms with Crippen molar-refractivity contribution in [3.8, 4) is 17.2 Å². The SMILES string of the molecule is C.C.CC(C)CP=O.CO.CO.Cc1ccc(OC(C)C=O)cc1.Cc1ccc(OC(C)CO)cc1.Cc1ccc(OC(C)CP=O)cc1.[2HH].[B]. The molecule has 0 aliphatic rings. The van der Waals surface area contributed by atoms with E-state index >= 15 is 0 Å². The van der Waals surface area contributed by atoms with Crippen LogP contribution in [0.3, 0.4) is 0 Å². The van der Waals surface area contributed by atoms with E-state index < -0.39 is 0 Å². The summed E-state index contributed by atoms with van der Waals surface area (Å²) in [5, 5.41) is 22.7. The van der Waals surface area contributed by atoms with E-state index in [0.29, 0.717) is 12.1 Å². The Labute approximate surface area is 310 Å². The Morgan fingerprint density at radius 2 is 0.900 bits per heavy atom. The van der Waals surface area contributed by atoms with Crippen LogP contribution in [0, 0.1) is 26.7 Å². The number of rotatable bonds is 12. The van der Waals surface area contributed by atoms with E-state index in [0.717, 1.165) is 43.9 Å². The van der Waals surface area contributed by atoms with E-state index in [1.165, 1.54) is 16.7 Å². The average Bonchev–Trinajstić information content (AvgIpc) is 3.07. The zero-order chi connectivity index (χ0) is 36.6. The third-order valence-corrected chi connectivity index (χ3v) is 6.82.